The summed E-state index contributed by atoms with van der Waals surface area (Å²) in [6, 6.07) is 3.58. The van der Waals surface area contributed by atoms with Crippen molar-refractivity contribution in [3.63, 3.8) is 0 Å². The zero-order valence-corrected chi connectivity index (χ0v) is 10.6. The van der Waals surface area contributed by atoms with E-state index in [9.17, 15) is 0 Å². The monoisotopic (exact) mass is 238 g/mol. The Morgan fingerprint density at radius 1 is 1.06 bits per heavy atom. The van der Waals surface area contributed by atoms with Gasteiger partial charge in [-0.25, -0.2) is 0 Å². The number of hydrogen-bond acceptors (Lipinski definition) is 4. The van der Waals surface area contributed by atoms with Crippen molar-refractivity contribution in [2.45, 2.75) is 6.92 Å². The zero-order valence-electron chi connectivity index (χ0n) is 10.6. The normalized spacial score (nSPS) is 11.2. The van der Waals surface area contributed by atoms with Crippen LogP contribution in [0.1, 0.15) is 12.5 Å². The first kappa shape index (κ1) is 13.4. The molecule has 1 N–H and O–H groups in total. The molecule has 0 heterocycles. The molecule has 0 unspecified atom stereocenters. The van der Waals surface area contributed by atoms with Crippen LogP contribution in [0, 0.1) is 0 Å². The predicted molar refractivity (Wildman–Crippen MR) is 66.8 cm³/mol. The van der Waals surface area contributed by atoms with Crippen LogP contribution in [0.3, 0.4) is 0 Å². The molecule has 4 heteroatoms. The SMILES string of the molecule is COc1cc(OC)c(OC)cc1C=C(C)CO. The first-order valence-corrected chi connectivity index (χ1v) is 5.24. The lowest BCUT2D eigenvalue weighted by Crippen LogP contribution is -1.95. The second kappa shape index (κ2) is 6.15. The van der Waals surface area contributed by atoms with E-state index in [1.54, 1.807) is 27.4 Å². The van der Waals surface area contributed by atoms with Gasteiger partial charge in [0.05, 0.1) is 27.9 Å². The number of methoxy groups -OCH3 is 3. The number of hydrogen-bond donors (Lipinski definition) is 1. The van der Waals surface area contributed by atoms with E-state index in [2.05, 4.69) is 0 Å². The standard InChI is InChI=1S/C13H18O4/c1-9(8-14)5-10-6-12(16-3)13(17-4)7-11(10)15-2/h5-7,14H,8H2,1-4H3. The van der Waals surface area contributed by atoms with Gasteiger partial charge in [-0.05, 0) is 24.6 Å². The van der Waals surface area contributed by atoms with Crippen molar-refractivity contribution in [3.05, 3.63) is 23.3 Å². The molecule has 0 amide bonds. The molecule has 94 valence electrons. The Hall–Kier alpha value is -1.68. The van der Waals surface area contributed by atoms with Crippen molar-refractivity contribution in [3.8, 4) is 17.2 Å². The Morgan fingerprint density at radius 3 is 2.06 bits per heavy atom. The van der Waals surface area contributed by atoms with Gasteiger partial charge in [0.1, 0.15) is 5.75 Å². The second-order valence-corrected chi connectivity index (χ2v) is 3.60. The predicted octanol–water partition coefficient (Wildman–Crippen LogP) is 2.11. The molecule has 0 saturated carbocycles. The fraction of sp³-hybridized carbons (Fsp3) is 0.385. The summed E-state index contributed by atoms with van der Waals surface area (Å²) in [5.74, 6) is 1.92. The van der Waals surface area contributed by atoms with Crippen LogP contribution < -0.4 is 14.2 Å². The Labute approximate surface area is 101 Å². The van der Waals surface area contributed by atoms with Gasteiger partial charge in [0.15, 0.2) is 11.5 Å². The Bertz CT molecular complexity index is 410. The van der Waals surface area contributed by atoms with Gasteiger partial charge in [-0.1, -0.05) is 0 Å². The molecule has 0 fully saturated rings. The van der Waals surface area contributed by atoms with Crippen molar-refractivity contribution >= 4 is 6.08 Å². The van der Waals surface area contributed by atoms with Gasteiger partial charge in [0.2, 0.25) is 0 Å². The van der Waals surface area contributed by atoms with Crippen LogP contribution in [0.2, 0.25) is 0 Å². The van der Waals surface area contributed by atoms with Crippen LogP contribution in [0.4, 0.5) is 0 Å². The van der Waals surface area contributed by atoms with Gasteiger partial charge < -0.3 is 19.3 Å². The maximum atomic E-state index is 9.02. The Kier molecular flexibility index (Phi) is 4.84. The molecule has 0 aliphatic carbocycles. The van der Waals surface area contributed by atoms with Gasteiger partial charge in [-0.2, -0.15) is 0 Å². The van der Waals surface area contributed by atoms with E-state index in [4.69, 9.17) is 19.3 Å². The summed E-state index contributed by atoms with van der Waals surface area (Å²) in [6.45, 7) is 1.85. The van der Waals surface area contributed by atoms with Crippen LogP contribution in [-0.2, 0) is 0 Å². The molecule has 0 saturated heterocycles. The fourth-order valence-electron chi connectivity index (χ4n) is 1.48. The molecule has 1 aromatic rings. The lowest BCUT2D eigenvalue weighted by atomic mass is 10.1. The smallest absolute Gasteiger partial charge is 0.164 e. The number of ether oxygens (including phenoxy) is 3. The molecule has 0 atom stereocenters. The third kappa shape index (κ3) is 3.14. The number of benzene rings is 1. The molecule has 4 nitrogen and oxygen atoms in total. The molecule has 1 aromatic carbocycles. The zero-order chi connectivity index (χ0) is 12.8. The lowest BCUT2D eigenvalue weighted by Gasteiger charge is -2.12. The molecular weight excluding hydrogens is 220 g/mol. The first-order chi connectivity index (χ1) is 8.15. The van der Waals surface area contributed by atoms with E-state index < -0.39 is 0 Å². The van der Waals surface area contributed by atoms with E-state index in [1.807, 2.05) is 19.1 Å². The fourth-order valence-corrected chi connectivity index (χ4v) is 1.48. The van der Waals surface area contributed by atoms with E-state index in [-0.39, 0.29) is 6.61 Å². The Morgan fingerprint density at radius 2 is 1.59 bits per heavy atom. The molecule has 0 aromatic heterocycles. The summed E-state index contributed by atoms with van der Waals surface area (Å²) in [5.41, 5.74) is 1.69. The van der Waals surface area contributed by atoms with Crippen LogP contribution in [0.5, 0.6) is 17.2 Å². The summed E-state index contributed by atoms with van der Waals surface area (Å²) in [5, 5.41) is 9.02. The second-order valence-electron chi connectivity index (χ2n) is 3.60. The molecule has 0 spiro atoms. The average Bonchev–Trinajstić information content (AvgIpc) is 2.37. The highest BCUT2D eigenvalue weighted by atomic mass is 16.5. The van der Waals surface area contributed by atoms with Gasteiger partial charge in [0.25, 0.3) is 0 Å². The van der Waals surface area contributed by atoms with Crippen molar-refractivity contribution in [2.75, 3.05) is 27.9 Å². The van der Waals surface area contributed by atoms with E-state index in [1.165, 1.54) is 0 Å². The highest BCUT2D eigenvalue weighted by Crippen LogP contribution is 2.35. The van der Waals surface area contributed by atoms with E-state index >= 15 is 0 Å². The van der Waals surface area contributed by atoms with Gasteiger partial charge in [-0.3, -0.25) is 0 Å². The van der Waals surface area contributed by atoms with Crippen molar-refractivity contribution < 1.29 is 19.3 Å². The molecule has 0 aliphatic heterocycles. The van der Waals surface area contributed by atoms with Gasteiger partial charge in [0, 0.05) is 11.6 Å². The number of rotatable bonds is 5. The van der Waals surface area contributed by atoms with Crippen molar-refractivity contribution in [1.29, 1.82) is 0 Å². The lowest BCUT2D eigenvalue weighted by molar-refractivity contribution is 0.332. The first-order valence-electron chi connectivity index (χ1n) is 5.24. The molecular formula is C13H18O4. The topological polar surface area (TPSA) is 47.9 Å². The number of aliphatic hydroxyl groups excluding tert-OH is 1. The van der Waals surface area contributed by atoms with E-state index in [0.717, 1.165) is 11.1 Å². The molecule has 0 bridgehead atoms. The molecule has 17 heavy (non-hydrogen) atoms. The van der Waals surface area contributed by atoms with Crippen LogP contribution in [0.15, 0.2) is 17.7 Å². The van der Waals surface area contributed by atoms with Crippen molar-refractivity contribution in [1.82, 2.24) is 0 Å². The van der Waals surface area contributed by atoms with Crippen LogP contribution in [-0.4, -0.2) is 33.0 Å². The van der Waals surface area contributed by atoms with Gasteiger partial charge in [-0.15, -0.1) is 0 Å². The summed E-state index contributed by atoms with van der Waals surface area (Å²) >= 11 is 0. The van der Waals surface area contributed by atoms with E-state index in [0.29, 0.717) is 17.2 Å². The minimum atomic E-state index is 0.0114. The average molecular weight is 238 g/mol. The van der Waals surface area contributed by atoms with Gasteiger partial charge >= 0.3 is 0 Å². The van der Waals surface area contributed by atoms with Crippen LogP contribution in [0.25, 0.3) is 6.08 Å². The van der Waals surface area contributed by atoms with Crippen molar-refractivity contribution in [2.24, 2.45) is 0 Å². The maximum absolute atomic E-state index is 9.02. The third-order valence-electron chi connectivity index (χ3n) is 2.39. The molecule has 0 aliphatic rings. The third-order valence-corrected chi connectivity index (χ3v) is 2.39. The molecule has 0 radical (unpaired) electrons. The highest BCUT2D eigenvalue weighted by molar-refractivity contribution is 5.65. The molecule has 1 rings (SSSR count). The Balaban J connectivity index is 3.28. The summed E-state index contributed by atoms with van der Waals surface area (Å²) in [4.78, 5) is 0. The highest BCUT2D eigenvalue weighted by Gasteiger charge is 2.10. The maximum Gasteiger partial charge on any atom is 0.164 e. The summed E-state index contributed by atoms with van der Waals surface area (Å²) < 4.78 is 15.7. The van der Waals surface area contributed by atoms with Crippen LogP contribution >= 0.6 is 0 Å². The number of aliphatic hydroxyl groups is 1. The minimum Gasteiger partial charge on any atom is -0.496 e. The minimum absolute atomic E-state index is 0.0114. The quantitative estimate of drug-likeness (QED) is 0.853. The summed E-state index contributed by atoms with van der Waals surface area (Å²) in [6.07, 6.45) is 1.85. The largest absolute Gasteiger partial charge is 0.496 e. The summed E-state index contributed by atoms with van der Waals surface area (Å²) in [7, 11) is 4.75.